The molecular weight excluding hydrogens is 180 g/mol. The van der Waals surface area contributed by atoms with Crippen LogP contribution in [0.5, 0.6) is 0 Å². The third-order valence-corrected chi connectivity index (χ3v) is 2.78. The summed E-state index contributed by atoms with van der Waals surface area (Å²) in [6, 6.07) is 0. The molecule has 1 rings (SSSR count). The van der Waals surface area contributed by atoms with Crippen molar-refractivity contribution in [3.63, 3.8) is 0 Å². The van der Waals surface area contributed by atoms with E-state index in [2.05, 4.69) is 25.5 Å². The van der Waals surface area contributed by atoms with Crippen molar-refractivity contribution in [3.05, 3.63) is 0 Å². The number of ether oxygens (including phenoxy) is 2. The minimum absolute atomic E-state index is 0.0289. The van der Waals surface area contributed by atoms with Gasteiger partial charge in [0.05, 0.1) is 7.11 Å². The molecule has 2 atom stereocenters. The summed E-state index contributed by atoms with van der Waals surface area (Å²) in [4.78, 5) is 11.0. The molecule has 0 saturated heterocycles. The first-order valence-electron chi connectivity index (χ1n) is 5.17. The van der Waals surface area contributed by atoms with Crippen LogP contribution >= 0.6 is 0 Å². The van der Waals surface area contributed by atoms with Crippen molar-refractivity contribution in [3.8, 4) is 0 Å². The number of carbonyl (C=O) groups is 1. The molecule has 0 aromatic rings. The summed E-state index contributed by atoms with van der Waals surface area (Å²) in [5, 5.41) is 0. The molecule has 3 heteroatoms. The molecule has 0 radical (unpaired) electrons. The first-order valence-corrected chi connectivity index (χ1v) is 5.17. The monoisotopic (exact) mass is 200 g/mol. The molecule has 1 aliphatic rings. The van der Waals surface area contributed by atoms with E-state index >= 15 is 0 Å². The topological polar surface area (TPSA) is 35.5 Å². The van der Waals surface area contributed by atoms with Gasteiger partial charge in [-0.1, -0.05) is 20.8 Å². The molecule has 0 N–H and O–H groups in total. The van der Waals surface area contributed by atoms with Crippen LogP contribution in [0.25, 0.3) is 0 Å². The van der Waals surface area contributed by atoms with Gasteiger partial charge >= 0.3 is 6.16 Å². The van der Waals surface area contributed by atoms with Crippen LogP contribution < -0.4 is 0 Å². The summed E-state index contributed by atoms with van der Waals surface area (Å²) in [6.07, 6.45) is 2.57. The Hall–Kier alpha value is -0.730. The van der Waals surface area contributed by atoms with Crippen molar-refractivity contribution in [2.75, 3.05) is 7.11 Å². The van der Waals surface area contributed by atoms with Crippen molar-refractivity contribution in [2.24, 2.45) is 11.3 Å². The summed E-state index contributed by atoms with van der Waals surface area (Å²) in [5.74, 6) is 0.619. The van der Waals surface area contributed by atoms with Gasteiger partial charge in [0.2, 0.25) is 0 Å². The summed E-state index contributed by atoms with van der Waals surface area (Å²) in [7, 11) is 1.35. The van der Waals surface area contributed by atoms with Crippen molar-refractivity contribution < 1.29 is 14.3 Å². The number of hydrogen-bond acceptors (Lipinski definition) is 3. The number of carbonyl (C=O) groups excluding carboxylic acids is 1. The molecule has 1 saturated carbocycles. The lowest BCUT2D eigenvalue weighted by Crippen LogP contribution is -2.33. The maximum atomic E-state index is 11.0. The van der Waals surface area contributed by atoms with E-state index in [1.807, 2.05) is 0 Å². The van der Waals surface area contributed by atoms with E-state index in [0.29, 0.717) is 5.92 Å². The Balaban J connectivity index is 2.50. The molecule has 3 nitrogen and oxygen atoms in total. The Kier molecular flexibility index (Phi) is 3.40. The molecule has 0 aliphatic heterocycles. The van der Waals surface area contributed by atoms with Crippen molar-refractivity contribution in [2.45, 2.75) is 46.1 Å². The molecule has 82 valence electrons. The Morgan fingerprint density at radius 1 is 1.36 bits per heavy atom. The van der Waals surface area contributed by atoms with Crippen LogP contribution in [0.1, 0.15) is 40.0 Å². The summed E-state index contributed by atoms with van der Waals surface area (Å²) in [6.45, 7) is 6.64. The second kappa shape index (κ2) is 4.20. The van der Waals surface area contributed by atoms with E-state index in [9.17, 15) is 4.79 Å². The van der Waals surface area contributed by atoms with E-state index in [4.69, 9.17) is 4.74 Å². The van der Waals surface area contributed by atoms with Gasteiger partial charge in [-0.25, -0.2) is 4.79 Å². The van der Waals surface area contributed by atoms with Gasteiger partial charge < -0.3 is 9.47 Å². The quantitative estimate of drug-likeness (QED) is 0.610. The maximum Gasteiger partial charge on any atom is 0.508 e. The van der Waals surface area contributed by atoms with Crippen LogP contribution in [0.3, 0.4) is 0 Å². The zero-order valence-corrected chi connectivity index (χ0v) is 9.50. The molecule has 14 heavy (non-hydrogen) atoms. The molecule has 1 fully saturated rings. The Labute approximate surface area is 85.8 Å². The Bertz CT molecular complexity index is 211. The predicted octanol–water partition coefficient (Wildman–Crippen LogP) is 2.98. The SMILES string of the molecule is COC(=O)O[C@H]1C[C@@H](C)CC(C)(C)C1. The molecule has 0 amide bonds. The largest absolute Gasteiger partial charge is 0.508 e. The fraction of sp³-hybridized carbons (Fsp3) is 0.909. The Morgan fingerprint density at radius 3 is 2.50 bits per heavy atom. The number of methoxy groups -OCH3 is 1. The first kappa shape index (κ1) is 11.3. The van der Waals surface area contributed by atoms with Crippen LogP contribution in [0.4, 0.5) is 4.79 Å². The molecule has 0 bridgehead atoms. The molecule has 0 heterocycles. The van der Waals surface area contributed by atoms with Crippen molar-refractivity contribution >= 4 is 6.16 Å². The zero-order chi connectivity index (χ0) is 10.8. The molecule has 1 aliphatic carbocycles. The van der Waals surface area contributed by atoms with Gasteiger partial charge in [-0.15, -0.1) is 0 Å². The minimum Gasteiger partial charge on any atom is -0.438 e. The molecule has 0 unspecified atom stereocenters. The van der Waals surface area contributed by atoms with E-state index in [0.717, 1.165) is 12.8 Å². The average molecular weight is 200 g/mol. The molecule has 0 aromatic carbocycles. The van der Waals surface area contributed by atoms with Crippen LogP contribution in [-0.2, 0) is 9.47 Å². The Morgan fingerprint density at radius 2 is 2.00 bits per heavy atom. The number of hydrogen-bond donors (Lipinski definition) is 0. The number of rotatable bonds is 1. The fourth-order valence-corrected chi connectivity index (χ4v) is 2.53. The van der Waals surface area contributed by atoms with Gasteiger partial charge in [0.15, 0.2) is 0 Å². The summed E-state index contributed by atoms with van der Waals surface area (Å²) in [5.41, 5.74) is 0.274. The first-order chi connectivity index (χ1) is 6.43. The second-order valence-electron chi connectivity index (χ2n) is 5.11. The molecule has 0 aromatic heterocycles. The minimum atomic E-state index is -0.556. The maximum absolute atomic E-state index is 11.0. The van der Waals surface area contributed by atoms with Crippen LogP contribution in [0, 0.1) is 11.3 Å². The smallest absolute Gasteiger partial charge is 0.438 e. The highest BCUT2D eigenvalue weighted by Crippen LogP contribution is 2.39. The van der Waals surface area contributed by atoms with Gasteiger partial charge in [-0.2, -0.15) is 0 Å². The van der Waals surface area contributed by atoms with Gasteiger partial charge in [0.1, 0.15) is 6.10 Å². The van der Waals surface area contributed by atoms with E-state index < -0.39 is 6.16 Å². The standard InChI is InChI=1S/C11H20O3/c1-8-5-9(14-10(12)13-4)7-11(2,3)6-8/h8-9H,5-7H2,1-4H3/t8-,9+/m1/s1. The lowest BCUT2D eigenvalue weighted by Gasteiger charge is -2.38. The van der Waals surface area contributed by atoms with Gasteiger partial charge in [0, 0.05) is 0 Å². The van der Waals surface area contributed by atoms with Crippen LogP contribution in [0.2, 0.25) is 0 Å². The van der Waals surface area contributed by atoms with Gasteiger partial charge in [-0.3, -0.25) is 0 Å². The van der Waals surface area contributed by atoms with Gasteiger partial charge in [0.25, 0.3) is 0 Å². The van der Waals surface area contributed by atoms with Gasteiger partial charge in [-0.05, 0) is 30.6 Å². The van der Waals surface area contributed by atoms with Crippen LogP contribution in [-0.4, -0.2) is 19.4 Å². The van der Waals surface area contributed by atoms with E-state index in [-0.39, 0.29) is 11.5 Å². The lowest BCUT2D eigenvalue weighted by atomic mass is 9.71. The lowest BCUT2D eigenvalue weighted by molar-refractivity contribution is -0.0129. The van der Waals surface area contributed by atoms with Crippen LogP contribution in [0.15, 0.2) is 0 Å². The average Bonchev–Trinajstić information content (AvgIpc) is 1.99. The van der Waals surface area contributed by atoms with Crippen molar-refractivity contribution in [1.82, 2.24) is 0 Å². The zero-order valence-electron chi connectivity index (χ0n) is 9.50. The molecular formula is C11H20O3. The van der Waals surface area contributed by atoms with E-state index in [1.165, 1.54) is 13.5 Å². The summed E-state index contributed by atoms with van der Waals surface area (Å²) < 4.78 is 9.68. The van der Waals surface area contributed by atoms with Crippen molar-refractivity contribution in [1.29, 1.82) is 0 Å². The second-order valence-corrected chi connectivity index (χ2v) is 5.11. The fourth-order valence-electron chi connectivity index (χ4n) is 2.53. The third-order valence-electron chi connectivity index (χ3n) is 2.78. The highest BCUT2D eigenvalue weighted by Gasteiger charge is 2.34. The predicted molar refractivity (Wildman–Crippen MR) is 54.1 cm³/mol. The normalized spacial score (nSPS) is 30.9. The van der Waals surface area contributed by atoms with E-state index in [1.54, 1.807) is 0 Å². The summed E-state index contributed by atoms with van der Waals surface area (Å²) >= 11 is 0. The molecule has 0 spiro atoms. The third kappa shape index (κ3) is 3.20. The highest BCUT2D eigenvalue weighted by molar-refractivity contribution is 5.59. The highest BCUT2D eigenvalue weighted by atomic mass is 16.7.